The highest BCUT2D eigenvalue weighted by Gasteiger charge is 2.17. The molecule has 0 aliphatic carbocycles. The van der Waals surface area contributed by atoms with Gasteiger partial charge in [0.1, 0.15) is 0 Å². The lowest BCUT2D eigenvalue weighted by Crippen LogP contribution is -2.36. The van der Waals surface area contributed by atoms with E-state index in [0.717, 1.165) is 5.69 Å². The number of benzene rings is 1. The van der Waals surface area contributed by atoms with E-state index >= 15 is 0 Å². The smallest absolute Gasteiger partial charge is 0.0796 e. The molecule has 1 aromatic heterocycles. The molecular formula is C13H18N2Si. The van der Waals surface area contributed by atoms with Crippen molar-refractivity contribution in [1.82, 2.24) is 4.57 Å². The molecule has 1 aromatic carbocycles. The third-order valence-electron chi connectivity index (χ3n) is 2.75. The molecule has 0 radical (unpaired) electrons. The first kappa shape index (κ1) is 11.0. The van der Waals surface area contributed by atoms with Crippen LogP contribution in [-0.4, -0.2) is 12.6 Å². The Kier molecular flexibility index (Phi) is 2.64. The van der Waals surface area contributed by atoms with E-state index in [1.165, 1.54) is 10.9 Å². The molecule has 0 bridgehead atoms. The van der Waals surface area contributed by atoms with Crippen LogP contribution in [0.5, 0.6) is 0 Å². The molecule has 2 aromatic rings. The number of nitrogen functional groups attached to an aromatic ring is 1. The highest BCUT2D eigenvalue weighted by molar-refractivity contribution is 6.88. The van der Waals surface area contributed by atoms with Crippen LogP contribution in [0.15, 0.2) is 42.7 Å². The highest BCUT2D eigenvalue weighted by Crippen LogP contribution is 2.12. The van der Waals surface area contributed by atoms with Gasteiger partial charge < -0.3 is 10.3 Å². The Morgan fingerprint density at radius 2 is 1.62 bits per heavy atom. The first-order valence-corrected chi connectivity index (χ1v) is 9.01. The number of hydrogen-bond donors (Lipinski definition) is 1. The molecule has 0 unspecified atom stereocenters. The van der Waals surface area contributed by atoms with Crippen molar-refractivity contribution in [1.29, 1.82) is 0 Å². The van der Waals surface area contributed by atoms with Gasteiger partial charge in [0.15, 0.2) is 0 Å². The Morgan fingerprint density at radius 3 is 2.12 bits per heavy atom. The second-order valence-electron chi connectivity index (χ2n) is 5.15. The number of nitrogens with two attached hydrogens (primary N) is 1. The maximum absolute atomic E-state index is 5.68. The van der Waals surface area contributed by atoms with E-state index in [1.54, 1.807) is 0 Å². The Labute approximate surface area is 97.7 Å². The molecule has 84 valence electrons. The molecule has 0 atom stereocenters. The van der Waals surface area contributed by atoms with E-state index in [0.29, 0.717) is 0 Å². The van der Waals surface area contributed by atoms with E-state index in [-0.39, 0.29) is 0 Å². The van der Waals surface area contributed by atoms with Gasteiger partial charge >= 0.3 is 0 Å². The molecule has 0 aliphatic heterocycles. The largest absolute Gasteiger partial charge is 0.399 e. The van der Waals surface area contributed by atoms with Gasteiger partial charge in [-0.2, -0.15) is 0 Å². The molecule has 0 fully saturated rings. The van der Waals surface area contributed by atoms with Crippen molar-refractivity contribution in [2.75, 3.05) is 5.73 Å². The first-order valence-electron chi connectivity index (χ1n) is 5.51. The zero-order chi connectivity index (χ0) is 11.8. The van der Waals surface area contributed by atoms with E-state index in [1.807, 2.05) is 24.3 Å². The minimum Gasteiger partial charge on any atom is -0.399 e. The molecule has 0 saturated carbocycles. The zero-order valence-corrected chi connectivity index (χ0v) is 11.1. The van der Waals surface area contributed by atoms with Gasteiger partial charge in [0, 0.05) is 23.8 Å². The summed E-state index contributed by atoms with van der Waals surface area (Å²) in [5.41, 5.74) is 7.65. The Bertz CT molecular complexity index is 477. The van der Waals surface area contributed by atoms with Crippen LogP contribution in [0.2, 0.25) is 19.6 Å². The average molecular weight is 230 g/mol. The quantitative estimate of drug-likeness (QED) is 0.624. The molecule has 3 heteroatoms. The lowest BCUT2D eigenvalue weighted by Gasteiger charge is -2.13. The molecule has 1 heterocycles. The average Bonchev–Trinajstić information content (AvgIpc) is 2.67. The van der Waals surface area contributed by atoms with Crippen LogP contribution in [0.4, 0.5) is 5.69 Å². The highest BCUT2D eigenvalue weighted by atomic mass is 28.3. The van der Waals surface area contributed by atoms with Crippen LogP contribution in [0.1, 0.15) is 0 Å². The molecular weight excluding hydrogens is 212 g/mol. The van der Waals surface area contributed by atoms with Crippen LogP contribution in [0.3, 0.4) is 0 Å². The summed E-state index contributed by atoms with van der Waals surface area (Å²) in [5, 5.41) is 1.48. The monoisotopic (exact) mass is 230 g/mol. The summed E-state index contributed by atoms with van der Waals surface area (Å²) in [6.45, 7) is 7.07. The molecule has 0 aliphatic rings. The van der Waals surface area contributed by atoms with Crippen LogP contribution in [0, 0.1) is 0 Å². The fourth-order valence-corrected chi connectivity index (χ4v) is 2.75. The van der Waals surface area contributed by atoms with E-state index < -0.39 is 8.07 Å². The fraction of sp³-hybridized carbons (Fsp3) is 0.231. The third-order valence-corrected chi connectivity index (χ3v) is 4.78. The van der Waals surface area contributed by atoms with E-state index in [9.17, 15) is 0 Å². The van der Waals surface area contributed by atoms with Crippen molar-refractivity contribution in [3.8, 4) is 5.69 Å². The van der Waals surface area contributed by atoms with Crippen molar-refractivity contribution in [3.63, 3.8) is 0 Å². The molecule has 0 spiro atoms. The number of anilines is 1. The maximum Gasteiger partial charge on any atom is 0.0796 e. The second-order valence-corrected chi connectivity index (χ2v) is 10.2. The SMILES string of the molecule is C[Si](C)(C)c1ccn(-c2ccc(N)cc2)c1. The molecule has 2 rings (SSSR count). The summed E-state index contributed by atoms with van der Waals surface area (Å²) in [7, 11) is -1.20. The molecule has 0 saturated heterocycles. The Morgan fingerprint density at radius 1 is 1.00 bits per heavy atom. The van der Waals surface area contributed by atoms with Gasteiger partial charge in [-0.25, -0.2) is 0 Å². The summed E-state index contributed by atoms with van der Waals surface area (Å²) in [6, 6.07) is 10.2. The molecule has 2 N–H and O–H groups in total. The van der Waals surface area contributed by atoms with Crippen LogP contribution in [-0.2, 0) is 0 Å². The Hall–Kier alpha value is -1.48. The van der Waals surface area contributed by atoms with Gasteiger partial charge in [0.2, 0.25) is 0 Å². The fourth-order valence-electron chi connectivity index (χ4n) is 1.65. The van der Waals surface area contributed by atoms with Crippen LogP contribution >= 0.6 is 0 Å². The zero-order valence-electron chi connectivity index (χ0n) is 10.1. The third kappa shape index (κ3) is 2.19. The van der Waals surface area contributed by atoms with Crippen molar-refractivity contribution in [3.05, 3.63) is 42.7 Å². The first-order chi connectivity index (χ1) is 7.47. The van der Waals surface area contributed by atoms with Gasteiger partial charge in [-0.3, -0.25) is 0 Å². The van der Waals surface area contributed by atoms with Gasteiger partial charge in [-0.1, -0.05) is 19.6 Å². The summed E-state index contributed by atoms with van der Waals surface area (Å²) in [5.74, 6) is 0. The predicted molar refractivity (Wildman–Crippen MR) is 73.2 cm³/mol. The standard InChI is InChI=1S/C13H18N2Si/c1-16(2,3)13-8-9-15(10-13)12-6-4-11(14)5-7-12/h4-10H,14H2,1-3H3. The van der Waals surface area contributed by atoms with Crippen LogP contribution < -0.4 is 10.9 Å². The number of rotatable bonds is 2. The van der Waals surface area contributed by atoms with Crippen LogP contribution in [0.25, 0.3) is 5.69 Å². The lowest BCUT2D eigenvalue weighted by molar-refractivity contribution is 1.08. The molecule has 16 heavy (non-hydrogen) atoms. The van der Waals surface area contributed by atoms with Crippen molar-refractivity contribution >= 4 is 18.9 Å². The van der Waals surface area contributed by atoms with Gasteiger partial charge in [0.25, 0.3) is 0 Å². The maximum atomic E-state index is 5.68. The van der Waals surface area contributed by atoms with Crippen molar-refractivity contribution in [2.45, 2.75) is 19.6 Å². The molecule has 0 amide bonds. The predicted octanol–water partition coefficient (Wildman–Crippen LogP) is 2.60. The van der Waals surface area contributed by atoms with E-state index in [2.05, 4.69) is 42.7 Å². The van der Waals surface area contributed by atoms with Crippen molar-refractivity contribution < 1.29 is 0 Å². The van der Waals surface area contributed by atoms with Gasteiger partial charge in [-0.15, -0.1) is 0 Å². The summed E-state index contributed by atoms with van der Waals surface area (Å²) in [6.07, 6.45) is 4.36. The minimum absolute atomic E-state index is 0.807. The normalized spacial score (nSPS) is 11.7. The number of hydrogen-bond acceptors (Lipinski definition) is 1. The summed E-state index contributed by atoms with van der Waals surface area (Å²) < 4.78 is 2.16. The lowest BCUT2D eigenvalue weighted by atomic mass is 10.3. The van der Waals surface area contributed by atoms with Gasteiger partial charge in [-0.05, 0) is 35.5 Å². The minimum atomic E-state index is -1.20. The molecule has 2 nitrogen and oxygen atoms in total. The second kappa shape index (κ2) is 3.83. The van der Waals surface area contributed by atoms with E-state index in [4.69, 9.17) is 5.73 Å². The van der Waals surface area contributed by atoms with Gasteiger partial charge in [0.05, 0.1) is 8.07 Å². The topological polar surface area (TPSA) is 30.9 Å². The van der Waals surface area contributed by atoms with Crippen molar-refractivity contribution in [2.24, 2.45) is 0 Å². The number of nitrogens with zero attached hydrogens (tertiary/aromatic N) is 1. The number of aromatic nitrogens is 1. The summed E-state index contributed by atoms with van der Waals surface area (Å²) in [4.78, 5) is 0. The summed E-state index contributed by atoms with van der Waals surface area (Å²) >= 11 is 0. The Balaban J connectivity index is 2.35.